The van der Waals surface area contributed by atoms with E-state index in [2.05, 4.69) is 64.2 Å². The molecule has 1 unspecified atom stereocenters. The van der Waals surface area contributed by atoms with Gasteiger partial charge in [-0.15, -0.1) is 0 Å². The molecule has 0 amide bonds. The highest BCUT2D eigenvalue weighted by atomic mass is 15.4. The third-order valence-electron chi connectivity index (χ3n) is 5.64. The number of rotatable bonds is 3. The van der Waals surface area contributed by atoms with E-state index in [1.807, 2.05) is 6.07 Å². The SMILES string of the molecule is C=C1C(Nc2ccncn2)=CC=C2/C(=C\C)NC(C)(C3CCCC3)N12. The van der Waals surface area contributed by atoms with Crippen molar-refractivity contribution in [2.45, 2.75) is 45.2 Å². The Kier molecular flexibility index (Phi) is 3.86. The number of fused-ring (bicyclic) bond motifs is 1. The molecule has 130 valence electrons. The molecule has 0 bridgehead atoms. The fourth-order valence-electron chi connectivity index (χ4n) is 4.34. The minimum Gasteiger partial charge on any atom is -0.361 e. The van der Waals surface area contributed by atoms with Crippen LogP contribution in [0.1, 0.15) is 39.5 Å². The first-order valence-corrected chi connectivity index (χ1v) is 9.03. The van der Waals surface area contributed by atoms with Crippen molar-refractivity contribution in [3.8, 4) is 0 Å². The fraction of sp³-hybridized carbons (Fsp3) is 0.400. The standard InChI is InChI=1S/C20H25N5/c1-4-16-18-10-9-17(23-19-11-12-21-13-22-19)14(2)25(18)20(3,24-16)15-7-5-6-8-15/h4,9-13,15,24H,2,5-8H2,1,3H3,(H,21,22,23)/b16-4+. The lowest BCUT2D eigenvalue weighted by Crippen LogP contribution is -2.53. The summed E-state index contributed by atoms with van der Waals surface area (Å²) in [4.78, 5) is 10.6. The number of hydrogen-bond acceptors (Lipinski definition) is 5. The predicted octanol–water partition coefficient (Wildman–Crippen LogP) is 3.90. The zero-order valence-corrected chi connectivity index (χ0v) is 14.9. The molecule has 25 heavy (non-hydrogen) atoms. The van der Waals surface area contributed by atoms with Crippen LogP contribution in [-0.4, -0.2) is 20.5 Å². The number of anilines is 1. The molecule has 1 aromatic rings. The minimum atomic E-state index is -0.131. The lowest BCUT2D eigenvalue weighted by Gasteiger charge is -2.43. The lowest BCUT2D eigenvalue weighted by atomic mass is 9.90. The van der Waals surface area contributed by atoms with Gasteiger partial charge in [0.1, 0.15) is 17.8 Å². The molecule has 1 saturated carbocycles. The van der Waals surface area contributed by atoms with Gasteiger partial charge in [-0.2, -0.15) is 0 Å². The average Bonchev–Trinajstić information content (AvgIpc) is 3.26. The Morgan fingerprint density at radius 1 is 1.36 bits per heavy atom. The summed E-state index contributed by atoms with van der Waals surface area (Å²) in [6.45, 7) is 8.81. The topological polar surface area (TPSA) is 53.1 Å². The molecule has 1 aromatic heterocycles. The smallest absolute Gasteiger partial charge is 0.133 e. The van der Waals surface area contributed by atoms with Gasteiger partial charge in [0.2, 0.25) is 0 Å². The Balaban J connectivity index is 1.69. The summed E-state index contributed by atoms with van der Waals surface area (Å²) in [5, 5.41) is 7.17. The summed E-state index contributed by atoms with van der Waals surface area (Å²) in [6.07, 6.45) is 14.8. The van der Waals surface area contributed by atoms with Gasteiger partial charge >= 0.3 is 0 Å². The Labute approximate surface area is 149 Å². The summed E-state index contributed by atoms with van der Waals surface area (Å²) < 4.78 is 0. The van der Waals surface area contributed by atoms with E-state index < -0.39 is 0 Å². The first-order valence-electron chi connectivity index (χ1n) is 9.03. The van der Waals surface area contributed by atoms with Crippen LogP contribution >= 0.6 is 0 Å². The van der Waals surface area contributed by atoms with Crippen molar-refractivity contribution < 1.29 is 0 Å². The van der Waals surface area contributed by atoms with E-state index in [9.17, 15) is 0 Å². The number of allylic oxidation sites excluding steroid dienone is 3. The van der Waals surface area contributed by atoms with Gasteiger partial charge in [-0.25, -0.2) is 9.97 Å². The van der Waals surface area contributed by atoms with E-state index in [-0.39, 0.29) is 5.66 Å². The van der Waals surface area contributed by atoms with Crippen LogP contribution in [0.4, 0.5) is 5.82 Å². The Bertz CT molecular complexity index is 771. The van der Waals surface area contributed by atoms with Crippen LogP contribution in [0.5, 0.6) is 0 Å². The second-order valence-electron chi connectivity index (χ2n) is 7.09. The van der Waals surface area contributed by atoms with E-state index in [4.69, 9.17) is 0 Å². The molecular formula is C20H25N5. The van der Waals surface area contributed by atoms with Gasteiger partial charge in [0, 0.05) is 12.1 Å². The molecule has 5 nitrogen and oxygen atoms in total. The van der Waals surface area contributed by atoms with E-state index in [0.29, 0.717) is 5.92 Å². The number of nitrogens with zero attached hydrogens (tertiary/aromatic N) is 3. The first-order chi connectivity index (χ1) is 12.1. The van der Waals surface area contributed by atoms with E-state index >= 15 is 0 Å². The van der Waals surface area contributed by atoms with Gasteiger partial charge in [0.15, 0.2) is 0 Å². The zero-order chi connectivity index (χ0) is 17.4. The number of nitrogens with one attached hydrogen (secondary N) is 2. The lowest BCUT2D eigenvalue weighted by molar-refractivity contribution is 0.124. The van der Waals surface area contributed by atoms with Crippen molar-refractivity contribution >= 4 is 5.82 Å². The highest BCUT2D eigenvalue weighted by Gasteiger charge is 2.49. The van der Waals surface area contributed by atoms with E-state index in [1.54, 1.807) is 12.5 Å². The van der Waals surface area contributed by atoms with Crippen molar-refractivity contribution in [3.63, 3.8) is 0 Å². The summed E-state index contributed by atoms with van der Waals surface area (Å²) in [5.41, 5.74) is 4.22. The molecule has 2 aliphatic heterocycles. The molecule has 0 spiro atoms. The fourth-order valence-corrected chi connectivity index (χ4v) is 4.34. The van der Waals surface area contributed by atoms with Crippen molar-refractivity contribution in [1.29, 1.82) is 0 Å². The van der Waals surface area contributed by atoms with Crippen LogP contribution < -0.4 is 10.6 Å². The van der Waals surface area contributed by atoms with Crippen LogP contribution in [0.25, 0.3) is 0 Å². The predicted molar refractivity (Wildman–Crippen MR) is 100 cm³/mol. The molecule has 1 saturated heterocycles. The highest BCUT2D eigenvalue weighted by Crippen LogP contribution is 2.47. The van der Waals surface area contributed by atoms with E-state index in [0.717, 1.165) is 17.2 Å². The third kappa shape index (κ3) is 2.54. The van der Waals surface area contributed by atoms with Crippen molar-refractivity contribution in [3.05, 3.63) is 66.2 Å². The monoisotopic (exact) mass is 335 g/mol. The number of aromatic nitrogens is 2. The van der Waals surface area contributed by atoms with Gasteiger partial charge in [0.25, 0.3) is 0 Å². The normalized spacial score (nSPS) is 27.8. The summed E-state index contributed by atoms with van der Waals surface area (Å²) in [5.74, 6) is 1.39. The molecule has 4 rings (SSSR count). The first kappa shape index (κ1) is 15.9. The van der Waals surface area contributed by atoms with Gasteiger partial charge in [-0.1, -0.05) is 25.5 Å². The van der Waals surface area contributed by atoms with Crippen LogP contribution in [0.15, 0.2) is 66.2 Å². The van der Waals surface area contributed by atoms with Gasteiger partial charge in [-0.3, -0.25) is 0 Å². The van der Waals surface area contributed by atoms with Crippen molar-refractivity contribution in [2.24, 2.45) is 5.92 Å². The molecule has 2 N–H and O–H groups in total. The maximum Gasteiger partial charge on any atom is 0.133 e. The molecule has 0 radical (unpaired) electrons. The van der Waals surface area contributed by atoms with Crippen LogP contribution in [0, 0.1) is 5.92 Å². The molecule has 3 aliphatic rings. The summed E-state index contributed by atoms with van der Waals surface area (Å²) in [7, 11) is 0. The molecule has 1 atom stereocenters. The Morgan fingerprint density at radius 3 is 2.84 bits per heavy atom. The average molecular weight is 335 g/mol. The Hall–Kier alpha value is -2.56. The van der Waals surface area contributed by atoms with Crippen molar-refractivity contribution in [2.75, 3.05) is 5.32 Å². The molecule has 3 heterocycles. The third-order valence-corrected chi connectivity index (χ3v) is 5.64. The van der Waals surface area contributed by atoms with Gasteiger partial charge in [0.05, 0.1) is 22.8 Å². The second kappa shape index (κ2) is 6.06. The molecule has 5 heteroatoms. The maximum atomic E-state index is 4.41. The highest BCUT2D eigenvalue weighted by molar-refractivity contribution is 5.56. The van der Waals surface area contributed by atoms with Crippen LogP contribution in [0.3, 0.4) is 0 Å². The summed E-state index contributed by atoms with van der Waals surface area (Å²) in [6, 6.07) is 1.86. The van der Waals surface area contributed by atoms with Gasteiger partial charge < -0.3 is 15.5 Å². The zero-order valence-electron chi connectivity index (χ0n) is 14.9. The summed E-state index contributed by atoms with van der Waals surface area (Å²) >= 11 is 0. The second-order valence-corrected chi connectivity index (χ2v) is 7.09. The van der Waals surface area contributed by atoms with Crippen LogP contribution in [0.2, 0.25) is 0 Å². The maximum absolute atomic E-state index is 4.41. The van der Waals surface area contributed by atoms with Crippen LogP contribution in [-0.2, 0) is 0 Å². The van der Waals surface area contributed by atoms with Crippen molar-refractivity contribution in [1.82, 2.24) is 20.2 Å². The van der Waals surface area contributed by atoms with E-state index in [1.165, 1.54) is 37.1 Å². The minimum absolute atomic E-state index is 0.131. The molecule has 1 aliphatic carbocycles. The van der Waals surface area contributed by atoms with Gasteiger partial charge in [-0.05, 0) is 44.9 Å². The molecule has 0 aromatic carbocycles. The molecular weight excluding hydrogens is 310 g/mol. The number of hydrogen-bond donors (Lipinski definition) is 2. The largest absolute Gasteiger partial charge is 0.361 e. The quantitative estimate of drug-likeness (QED) is 0.877. The Morgan fingerprint density at radius 2 is 2.16 bits per heavy atom. The molecule has 2 fully saturated rings.